The van der Waals surface area contributed by atoms with E-state index in [1.807, 2.05) is 0 Å². The number of carbonyl (C=O) groups is 2. The van der Waals surface area contributed by atoms with Gasteiger partial charge >= 0.3 is 0 Å². The van der Waals surface area contributed by atoms with E-state index in [-0.39, 0.29) is 17.9 Å². The van der Waals surface area contributed by atoms with Crippen LogP contribution in [0.1, 0.15) is 23.7 Å². The summed E-state index contributed by atoms with van der Waals surface area (Å²) in [5.74, 6) is -0.570. The third kappa shape index (κ3) is 5.68. The number of ether oxygens (including phenoxy) is 2. The van der Waals surface area contributed by atoms with Gasteiger partial charge in [0.25, 0.3) is 5.91 Å². The first-order valence-electron chi connectivity index (χ1n) is 8.14. The maximum absolute atomic E-state index is 12.9. The van der Waals surface area contributed by atoms with Crippen LogP contribution in [0, 0.1) is 5.82 Å². The first kappa shape index (κ1) is 21.2. The zero-order valence-electron chi connectivity index (χ0n) is 15.5. The molecule has 0 atom stereocenters. The second-order valence-electron chi connectivity index (χ2n) is 5.71. The van der Waals surface area contributed by atoms with Crippen LogP contribution in [-0.4, -0.2) is 31.7 Å². The van der Waals surface area contributed by atoms with Gasteiger partial charge in [0.15, 0.2) is 0 Å². The zero-order valence-corrected chi connectivity index (χ0v) is 16.3. The second kappa shape index (κ2) is 9.70. The Morgan fingerprint density at radius 1 is 1.11 bits per heavy atom. The van der Waals surface area contributed by atoms with Crippen molar-refractivity contribution in [3.8, 4) is 11.5 Å². The number of nitrogens with one attached hydrogen (secondary N) is 2. The average Bonchev–Trinajstić information content (AvgIpc) is 2.67. The fourth-order valence-corrected chi connectivity index (χ4v) is 2.47. The van der Waals surface area contributed by atoms with Crippen molar-refractivity contribution in [2.75, 3.05) is 19.5 Å². The Labute approximate surface area is 166 Å². The van der Waals surface area contributed by atoms with Gasteiger partial charge in [-0.3, -0.25) is 9.59 Å². The highest BCUT2D eigenvalue weighted by Gasteiger charge is 2.13. The van der Waals surface area contributed by atoms with Crippen LogP contribution >= 0.6 is 11.6 Å². The highest BCUT2D eigenvalue weighted by Crippen LogP contribution is 2.35. The van der Waals surface area contributed by atoms with Crippen LogP contribution in [-0.2, 0) is 4.79 Å². The molecule has 2 aromatic carbocycles. The summed E-state index contributed by atoms with van der Waals surface area (Å²) in [5.41, 5.74) is 3.32. The van der Waals surface area contributed by atoms with E-state index in [0.717, 1.165) is 0 Å². The summed E-state index contributed by atoms with van der Waals surface area (Å²) in [6.07, 6.45) is -0.0716. The molecule has 0 unspecified atom stereocenters. The Balaban J connectivity index is 1.99. The standard InChI is InChI=1S/C19H19ClFN3O4/c1-11(23-24-19(26)12-4-6-13(21)7-5-12)8-18(25)22-15-10-16(27-2)14(20)9-17(15)28-3/h4-7,9-10H,8H2,1-3H3,(H,22,25)(H,24,26). The summed E-state index contributed by atoms with van der Waals surface area (Å²) in [7, 11) is 2.91. The molecule has 0 fully saturated rings. The summed E-state index contributed by atoms with van der Waals surface area (Å²) >= 11 is 6.03. The van der Waals surface area contributed by atoms with Crippen molar-refractivity contribution >= 4 is 34.8 Å². The minimum absolute atomic E-state index is 0.0716. The molecule has 2 rings (SSSR count). The average molecular weight is 408 g/mol. The van der Waals surface area contributed by atoms with Crippen LogP contribution in [0.15, 0.2) is 41.5 Å². The van der Waals surface area contributed by atoms with Gasteiger partial charge in [0.05, 0.1) is 31.4 Å². The Morgan fingerprint density at radius 2 is 1.75 bits per heavy atom. The number of halogens is 2. The SMILES string of the molecule is COc1cc(NC(=O)CC(C)=NNC(=O)c2ccc(F)cc2)c(OC)cc1Cl. The molecule has 2 amide bonds. The van der Waals surface area contributed by atoms with Crippen molar-refractivity contribution in [2.24, 2.45) is 5.10 Å². The van der Waals surface area contributed by atoms with Crippen LogP contribution in [0.4, 0.5) is 10.1 Å². The van der Waals surface area contributed by atoms with E-state index in [9.17, 15) is 14.0 Å². The smallest absolute Gasteiger partial charge is 0.271 e. The van der Waals surface area contributed by atoms with Gasteiger partial charge in [0.1, 0.15) is 17.3 Å². The van der Waals surface area contributed by atoms with Crippen LogP contribution in [0.5, 0.6) is 11.5 Å². The first-order valence-corrected chi connectivity index (χ1v) is 8.52. The molecule has 7 nitrogen and oxygen atoms in total. The molecular formula is C19H19ClFN3O4. The lowest BCUT2D eigenvalue weighted by molar-refractivity contribution is -0.115. The monoisotopic (exact) mass is 407 g/mol. The van der Waals surface area contributed by atoms with Gasteiger partial charge in [0.2, 0.25) is 5.91 Å². The number of carbonyl (C=O) groups excluding carboxylic acids is 2. The van der Waals surface area contributed by atoms with Gasteiger partial charge in [-0.05, 0) is 31.2 Å². The lowest BCUT2D eigenvalue weighted by atomic mass is 10.2. The van der Waals surface area contributed by atoms with Crippen molar-refractivity contribution < 1.29 is 23.5 Å². The van der Waals surface area contributed by atoms with Gasteiger partial charge in [-0.1, -0.05) is 11.6 Å². The van der Waals surface area contributed by atoms with Crippen LogP contribution in [0.3, 0.4) is 0 Å². The predicted molar refractivity (Wildman–Crippen MR) is 105 cm³/mol. The largest absolute Gasteiger partial charge is 0.495 e. The fourth-order valence-electron chi connectivity index (χ4n) is 2.24. The van der Waals surface area contributed by atoms with E-state index in [0.29, 0.717) is 27.9 Å². The summed E-state index contributed by atoms with van der Waals surface area (Å²) in [5, 5.41) is 6.91. The first-order chi connectivity index (χ1) is 13.3. The summed E-state index contributed by atoms with van der Waals surface area (Å²) < 4.78 is 23.2. The van der Waals surface area contributed by atoms with Gasteiger partial charge in [-0.2, -0.15) is 5.10 Å². The number of hydrogen-bond donors (Lipinski definition) is 2. The molecule has 0 bridgehead atoms. The van der Waals surface area contributed by atoms with Crippen LogP contribution < -0.4 is 20.2 Å². The molecule has 0 aliphatic carbocycles. The third-order valence-corrected chi connectivity index (χ3v) is 3.91. The molecule has 0 heterocycles. The molecule has 0 aliphatic rings. The Morgan fingerprint density at radius 3 is 2.36 bits per heavy atom. The molecule has 0 saturated heterocycles. The van der Waals surface area contributed by atoms with E-state index >= 15 is 0 Å². The Kier molecular flexibility index (Phi) is 7.34. The lowest BCUT2D eigenvalue weighted by Crippen LogP contribution is -2.21. The topological polar surface area (TPSA) is 89.0 Å². The van der Waals surface area contributed by atoms with E-state index in [1.54, 1.807) is 13.0 Å². The zero-order chi connectivity index (χ0) is 20.7. The minimum Gasteiger partial charge on any atom is -0.495 e. The normalized spacial score (nSPS) is 11.0. The summed E-state index contributed by atoms with van der Waals surface area (Å²) in [4.78, 5) is 24.2. The Hall–Kier alpha value is -3.13. The number of benzene rings is 2. The fraction of sp³-hybridized carbons (Fsp3) is 0.211. The quantitative estimate of drug-likeness (QED) is 0.541. The van der Waals surface area contributed by atoms with Gasteiger partial charge in [-0.15, -0.1) is 0 Å². The van der Waals surface area contributed by atoms with Crippen molar-refractivity contribution in [1.82, 2.24) is 5.43 Å². The Bertz CT molecular complexity index is 901. The number of amides is 2. The molecule has 9 heteroatoms. The van der Waals surface area contributed by atoms with Crippen molar-refractivity contribution in [1.29, 1.82) is 0 Å². The molecule has 0 aliphatic heterocycles. The van der Waals surface area contributed by atoms with Crippen molar-refractivity contribution in [3.05, 3.63) is 52.8 Å². The molecule has 0 spiro atoms. The predicted octanol–water partition coefficient (Wildman–Crippen LogP) is 3.63. The summed E-state index contributed by atoms with van der Waals surface area (Å²) in [6, 6.07) is 8.09. The second-order valence-corrected chi connectivity index (χ2v) is 6.11. The van der Waals surface area contributed by atoms with Gasteiger partial charge in [-0.25, -0.2) is 9.82 Å². The molecule has 0 aromatic heterocycles. The number of hydrazone groups is 1. The highest BCUT2D eigenvalue weighted by molar-refractivity contribution is 6.32. The van der Waals surface area contributed by atoms with E-state index in [1.165, 1.54) is 44.6 Å². The maximum Gasteiger partial charge on any atom is 0.271 e. The minimum atomic E-state index is -0.510. The molecule has 28 heavy (non-hydrogen) atoms. The summed E-state index contributed by atoms with van der Waals surface area (Å²) in [6.45, 7) is 1.59. The molecule has 2 N–H and O–H groups in total. The number of methoxy groups -OCH3 is 2. The van der Waals surface area contributed by atoms with E-state index < -0.39 is 11.7 Å². The highest BCUT2D eigenvalue weighted by atomic mass is 35.5. The molecule has 148 valence electrons. The third-order valence-electron chi connectivity index (χ3n) is 3.62. The van der Waals surface area contributed by atoms with Gasteiger partial charge in [0, 0.05) is 23.4 Å². The van der Waals surface area contributed by atoms with E-state index in [2.05, 4.69) is 15.8 Å². The molecule has 2 aromatic rings. The number of rotatable bonds is 7. The molecule has 0 saturated carbocycles. The number of nitrogens with zero attached hydrogens (tertiary/aromatic N) is 1. The van der Waals surface area contributed by atoms with E-state index in [4.69, 9.17) is 21.1 Å². The van der Waals surface area contributed by atoms with Crippen LogP contribution in [0.25, 0.3) is 0 Å². The van der Waals surface area contributed by atoms with Crippen LogP contribution in [0.2, 0.25) is 5.02 Å². The van der Waals surface area contributed by atoms with Gasteiger partial charge < -0.3 is 14.8 Å². The number of hydrogen-bond acceptors (Lipinski definition) is 5. The van der Waals surface area contributed by atoms with Crippen molar-refractivity contribution in [2.45, 2.75) is 13.3 Å². The lowest BCUT2D eigenvalue weighted by Gasteiger charge is -2.13. The number of anilines is 1. The van der Waals surface area contributed by atoms with Crippen molar-refractivity contribution in [3.63, 3.8) is 0 Å². The molecular weight excluding hydrogens is 389 g/mol. The molecule has 0 radical (unpaired) electrons. The maximum atomic E-state index is 12.9.